The van der Waals surface area contributed by atoms with Gasteiger partial charge in [-0.15, -0.1) is 0 Å². The zero-order chi connectivity index (χ0) is 20.4. The minimum Gasteiger partial charge on any atom is -0.357 e. The van der Waals surface area contributed by atoms with E-state index in [9.17, 15) is 4.79 Å². The maximum absolute atomic E-state index is 11.9. The summed E-state index contributed by atoms with van der Waals surface area (Å²) in [5, 5.41) is 6.88. The molecule has 5 nitrogen and oxygen atoms in total. The van der Waals surface area contributed by atoms with Gasteiger partial charge in [0.25, 0.3) is 0 Å². The molecule has 1 fully saturated rings. The molecule has 1 amide bonds. The summed E-state index contributed by atoms with van der Waals surface area (Å²) < 4.78 is 0. The van der Waals surface area contributed by atoms with E-state index in [-0.39, 0.29) is 5.91 Å². The topological polar surface area (TPSA) is 56.7 Å². The number of carbonyl (C=O) groups is 1. The number of nitrogens with zero attached hydrogens (tertiary/aromatic N) is 2. The number of aliphatic imine (C=N–C) groups is 1. The predicted molar refractivity (Wildman–Crippen MR) is 117 cm³/mol. The highest BCUT2D eigenvalue weighted by Gasteiger charge is 2.19. The third kappa shape index (κ3) is 7.91. The average Bonchev–Trinajstić information content (AvgIpc) is 3.04. The van der Waals surface area contributed by atoms with Crippen LogP contribution in [0, 0.1) is 5.92 Å². The quantitative estimate of drug-likeness (QED) is 0.471. The van der Waals surface area contributed by atoms with Gasteiger partial charge in [-0.2, -0.15) is 0 Å². The van der Waals surface area contributed by atoms with Gasteiger partial charge in [0.05, 0.1) is 6.54 Å². The molecule has 1 aromatic carbocycles. The van der Waals surface area contributed by atoms with Gasteiger partial charge in [0.1, 0.15) is 0 Å². The van der Waals surface area contributed by atoms with Crippen molar-refractivity contribution in [3.63, 3.8) is 0 Å². The molecule has 0 spiro atoms. The lowest BCUT2D eigenvalue weighted by Crippen LogP contribution is -2.42. The molecule has 1 aromatic rings. The van der Waals surface area contributed by atoms with Gasteiger partial charge in [-0.1, -0.05) is 51.0 Å². The molecule has 28 heavy (non-hydrogen) atoms. The van der Waals surface area contributed by atoms with Crippen molar-refractivity contribution in [1.82, 2.24) is 15.5 Å². The molecule has 0 aliphatic carbocycles. The smallest absolute Gasteiger partial charge is 0.222 e. The third-order valence-corrected chi connectivity index (χ3v) is 5.10. The Morgan fingerprint density at radius 1 is 1.21 bits per heavy atom. The summed E-state index contributed by atoms with van der Waals surface area (Å²) in [6.45, 7) is 11.9. The molecule has 156 valence electrons. The molecule has 0 radical (unpaired) electrons. The van der Waals surface area contributed by atoms with Crippen LogP contribution in [0.5, 0.6) is 0 Å². The fourth-order valence-electron chi connectivity index (χ4n) is 3.55. The largest absolute Gasteiger partial charge is 0.357 e. The van der Waals surface area contributed by atoms with E-state index in [2.05, 4.69) is 62.6 Å². The number of guanidine groups is 1. The van der Waals surface area contributed by atoms with E-state index in [4.69, 9.17) is 4.99 Å². The minimum atomic E-state index is 0.272. The van der Waals surface area contributed by atoms with Crippen molar-refractivity contribution in [2.45, 2.75) is 78.9 Å². The van der Waals surface area contributed by atoms with Gasteiger partial charge in [-0.25, -0.2) is 4.99 Å². The van der Waals surface area contributed by atoms with E-state index < -0.39 is 0 Å². The number of likely N-dealkylation sites (tertiary alicyclic amines) is 1. The van der Waals surface area contributed by atoms with E-state index in [0.717, 1.165) is 37.8 Å². The van der Waals surface area contributed by atoms with Crippen molar-refractivity contribution in [2.24, 2.45) is 10.9 Å². The Morgan fingerprint density at radius 2 is 2.00 bits per heavy atom. The number of benzene rings is 1. The van der Waals surface area contributed by atoms with Crippen LogP contribution in [0.1, 0.15) is 70.9 Å². The van der Waals surface area contributed by atoms with Crippen molar-refractivity contribution in [1.29, 1.82) is 0 Å². The van der Waals surface area contributed by atoms with E-state index in [0.29, 0.717) is 25.6 Å². The van der Waals surface area contributed by atoms with Crippen molar-refractivity contribution in [2.75, 3.05) is 13.1 Å². The van der Waals surface area contributed by atoms with E-state index >= 15 is 0 Å². The number of hydrogen-bond acceptors (Lipinski definition) is 2. The van der Waals surface area contributed by atoms with Crippen LogP contribution < -0.4 is 10.6 Å². The van der Waals surface area contributed by atoms with Crippen molar-refractivity contribution in [3.8, 4) is 0 Å². The van der Waals surface area contributed by atoms with Crippen molar-refractivity contribution >= 4 is 11.9 Å². The lowest BCUT2D eigenvalue weighted by Gasteiger charge is -2.18. The highest BCUT2D eigenvalue weighted by molar-refractivity contribution is 5.80. The highest BCUT2D eigenvalue weighted by Crippen LogP contribution is 2.15. The molecule has 1 unspecified atom stereocenters. The fraction of sp³-hybridized carbons (Fsp3) is 0.652. The Balaban J connectivity index is 1.90. The Morgan fingerprint density at radius 3 is 2.68 bits per heavy atom. The molecule has 1 aliphatic rings. The average molecular weight is 387 g/mol. The van der Waals surface area contributed by atoms with E-state index in [1.165, 1.54) is 24.0 Å². The van der Waals surface area contributed by atoms with Crippen LogP contribution in [-0.4, -0.2) is 35.9 Å². The number of rotatable bonds is 10. The monoisotopic (exact) mass is 386 g/mol. The Labute approximate surface area is 171 Å². The van der Waals surface area contributed by atoms with Crippen LogP contribution in [0.25, 0.3) is 0 Å². The second-order valence-corrected chi connectivity index (χ2v) is 8.30. The van der Waals surface area contributed by atoms with Crippen LogP contribution in [-0.2, 0) is 17.9 Å². The molecule has 2 N–H and O–H groups in total. The number of carbonyl (C=O) groups excluding carboxylic acids is 1. The summed E-state index contributed by atoms with van der Waals surface area (Å²) in [5.41, 5.74) is 2.36. The lowest BCUT2D eigenvalue weighted by atomic mass is 10.0. The SMILES string of the molecule is CCNC(=NCc1cccc(CN2CCCC2=O)c1)NC(C)CCCC(C)C. The first-order valence-electron chi connectivity index (χ1n) is 10.9. The fourth-order valence-corrected chi connectivity index (χ4v) is 3.55. The van der Waals surface area contributed by atoms with Crippen LogP contribution in [0.3, 0.4) is 0 Å². The summed E-state index contributed by atoms with van der Waals surface area (Å²) >= 11 is 0. The van der Waals surface area contributed by atoms with Crippen LogP contribution in [0.15, 0.2) is 29.3 Å². The first kappa shape index (κ1) is 22.3. The van der Waals surface area contributed by atoms with Crippen LogP contribution in [0.2, 0.25) is 0 Å². The maximum atomic E-state index is 11.9. The second kappa shape index (κ2) is 11.7. The Kier molecular flexibility index (Phi) is 9.32. The summed E-state index contributed by atoms with van der Waals surface area (Å²) in [5.74, 6) is 1.91. The van der Waals surface area contributed by atoms with Gasteiger partial charge in [0.15, 0.2) is 5.96 Å². The molecule has 1 atom stereocenters. The molecular weight excluding hydrogens is 348 g/mol. The van der Waals surface area contributed by atoms with Gasteiger partial charge in [-0.05, 0) is 43.7 Å². The van der Waals surface area contributed by atoms with E-state index in [1.807, 2.05) is 4.90 Å². The second-order valence-electron chi connectivity index (χ2n) is 8.30. The summed E-state index contributed by atoms with van der Waals surface area (Å²) in [7, 11) is 0. The van der Waals surface area contributed by atoms with Gasteiger partial charge < -0.3 is 15.5 Å². The summed E-state index contributed by atoms with van der Waals surface area (Å²) in [4.78, 5) is 18.6. The molecule has 2 rings (SSSR count). The number of amides is 1. The molecule has 0 saturated carbocycles. The highest BCUT2D eigenvalue weighted by atomic mass is 16.2. The first-order valence-corrected chi connectivity index (χ1v) is 10.9. The maximum Gasteiger partial charge on any atom is 0.222 e. The summed E-state index contributed by atoms with van der Waals surface area (Å²) in [6.07, 6.45) is 5.34. The Bertz CT molecular complexity index is 641. The van der Waals surface area contributed by atoms with Crippen molar-refractivity contribution < 1.29 is 4.79 Å². The van der Waals surface area contributed by atoms with Gasteiger partial charge in [0, 0.05) is 32.1 Å². The molecule has 1 aliphatic heterocycles. The lowest BCUT2D eigenvalue weighted by molar-refractivity contribution is -0.128. The zero-order valence-electron chi connectivity index (χ0n) is 18.1. The Hall–Kier alpha value is -2.04. The molecule has 5 heteroatoms. The predicted octanol–water partition coefficient (Wildman–Crippen LogP) is 4.08. The summed E-state index contributed by atoms with van der Waals surface area (Å²) in [6, 6.07) is 8.84. The van der Waals surface area contributed by atoms with Gasteiger partial charge in [-0.3, -0.25) is 4.79 Å². The molecule has 0 bridgehead atoms. The van der Waals surface area contributed by atoms with Crippen LogP contribution >= 0.6 is 0 Å². The molecular formula is C23H38N4O. The zero-order valence-corrected chi connectivity index (χ0v) is 18.1. The minimum absolute atomic E-state index is 0.272. The molecule has 1 heterocycles. The normalized spacial score (nSPS) is 16.0. The number of hydrogen-bond donors (Lipinski definition) is 2. The molecule has 0 aromatic heterocycles. The first-order chi connectivity index (χ1) is 13.5. The van der Waals surface area contributed by atoms with Gasteiger partial charge >= 0.3 is 0 Å². The number of nitrogens with one attached hydrogen (secondary N) is 2. The molecule has 1 saturated heterocycles. The van der Waals surface area contributed by atoms with Crippen molar-refractivity contribution in [3.05, 3.63) is 35.4 Å². The van der Waals surface area contributed by atoms with E-state index in [1.54, 1.807) is 0 Å². The van der Waals surface area contributed by atoms with Crippen LogP contribution in [0.4, 0.5) is 0 Å². The standard InChI is InChI=1S/C23H38N4O/c1-5-24-23(26-19(4)10-6-9-18(2)3)25-16-20-11-7-12-21(15-20)17-27-14-8-13-22(27)28/h7,11-12,15,18-19H,5-6,8-10,13-14,16-17H2,1-4H3,(H2,24,25,26). The third-order valence-electron chi connectivity index (χ3n) is 5.10. The van der Waals surface area contributed by atoms with Gasteiger partial charge in [0.2, 0.25) is 5.91 Å².